The lowest BCUT2D eigenvalue weighted by Gasteiger charge is -2.36. The first kappa shape index (κ1) is 16.3. The van der Waals surface area contributed by atoms with Gasteiger partial charge in [0.15, 0.2) is 5.82 Å². The first-order valence-corrected chi connectivity index (χ1v) is 9.14. The molecule has 2 aliphatic rings. The minimum atomic E-state index is 0.105. The fourth-order valence-corrected chi connectivity index (χ4v) is 3.99. The van der Waals surface area contributed by atoms with E-state index < -0.39 is 0 Å². The zero-order chi connectivity index (χ0) is 17.2. The summed E-state index contributed by atoms with van der Waals surface area (Å²) in [5.74, 6) is 2.24. The Labute approximate surface area is 148 Å². The molecule has 2 aromatic rings. The molecule has 25 heavy (non-hydrogen) atoms. The third-order valence-electron chi connectivity index (χ3n) is 5.35. The molecule has 0 spiro atoms. The van der Waals surface area contributed by atoms with Crippen LogP contribution in [0.1, 0.15) is 30.1 Å². The van der Waals surface area contributed by atoms with Crippen LogP contribution < -0.4 is 0 Å². The molecule has 3 heterocycles. The first-order valence-electron chi connectivity index (χ1n) is 9.14. The normalized spacial score (nSPS) is 21.2. The molecule has 0 radical (unpaired) electrons. The van der Waals surface area contributed by atoms with Crippen molar-refractivity contribution in [3.8, 4) is 0 Å². The largest absolute Gasteiger partial charge is 0.333 e. The van der Waals surface area contributed by atoms with E-state index in [-0.39, 0.29) is 11.8 Å². The highest BCUT2D eigenvalue weighted by atomic mass is 16.2. The Morgan fingerprint density at radius 3 is 2.84 bits per heavy atom. The summed E-state index contributed by atoms with van der Waals surface area (Å²) in [7, 11) is 0. The lowest BCUT2D eigenvalue weighted by atomic mass is 9.95. The van der Waals surface area contributed by atoms with Crippen LogP contribution in [0.4, 0.5) is 0 Å². The van der Waals surface area contributed by atoms with Gasteiger partial charge < -0.3 is 9.47 Å². The van der Waals surface area contributed by atoms with Gasteiger partial charge in [-0.25, -0.2) is 0 Å². The van der Waals surface area contributed by atoms with Crippen LogP contribution in [0.15, 0.2) is 30.3 Å². The average molecular weight is 339 g/mol. The monoisotopic (exact) mass is 339 g/mol. The van der Waals surface area contributed by atoms with Gasteiger partial charge in [-0.2, -0.15) is 0 Å². The summed E-state index contributed by atoms with van der Waals surface area (Å²) >= 11 is 0. The smallest absolute Gasteiger partial charge is 0.227 e. The van der Waals surface area contributed by atoms with E-state index in [1.54, 1.807) is 0 Å². The standard InChI is InChI=1S/C19H25N5O/c1-15-20-21-18-14-23(10-11-24(15)18)19(25)17-8-5-9-22(13-17)12-16-6-3-2-4-7-16/h2-4,6-7,17H,5,8-14H2,1H3/t17-/m1/s1. The molecule has 1 aromatic heterocycles. The molecule has 1 saturated heterocycles. The molecule has 0 bridgehead atoms. The molecule has 0 saturated carbocycles. The van der Waals surface area contributed by atoms with Gasteiger partial charge in [0.2, 0.25) is 5.91 Å². The minimum absolute atomic E-state index is 0.105. The summed E-state index contributed by atoms with van der Waals surface area (Å²) in [5, 5.41) is 8.34. The van der Waals surface area contributed by atoms with E-state index in [4.69, 9.17) is 0 Å². The van der Waals surface area contributed by atoms with E-state index in [0.29, 0.717) is 6.54 Å². The molecule has 0 N–H and O–H groups in total. The van der Waals surface area contributed by atoms with Crippen LogP contribution >= 0.6 is 0 Å². The summed E-state index contributed by atoms with van der Waals surface area (Å²) in [5.41, 5.74) is 1.32. The van der Waals surface area contributed by atoms with Crippen LogP contribution in [0.3, 0.4) is 0 Å². The van der Waals surface area contributed by atoms with Gasteiger partial charge in [0.1, 0.15) is 5.82 Å². The first-order chi connectivity index (χ1) is 12.2. The second-order valence-corrected chi connectivity index (χ2v) is 7.13. The highest BCUT2D eigenvalue weighted by Crippen LogP contribution is 2.23. The van der Waals surface area contributed by atoms with Gasteiger partial charge in [-0.3, -0.25) is 9.69 Å². The number of piperidine rings is 1. The van der Waals surface area contributed by atoms with Crippen molar-refractivity contribution in [3.63, 3.8) is 0 Å². The van der Waals surface area contributed by atoms with E-state index in [0.717, 1.165) is 57.2 Å². The summed E-state index contributed by atoms with van der Waals surface area (Å²) < 4.78 is 2.12. The highest BCUT2D eigenvalue weighted by Gasteiger charge is 2.31. The van der Waals surface area contributed by atoms with E-state index in [1.807, 2.05) is 17.9 Å². The SMILES string of the molecule is Cc1nnc2n1CCN(C(=O)[C@@H]1CCCN(Cc3ccccc3)C1)C2. The summed E-state index contributed by atoms with van der Waals surface area (Å²) in [6.07, 6.45) is 2.08. The maximum atomic E-state index is 13.0. The maximum Gasteiger partial charge on any atom is 0.227 e. The number of carbonyl (C=O) groups is 1. The Hall–Kier alpha value is -2.21. The Morgan fingerprint density at radius 1 is 1.16 bits per heavy atom. The third kappa shape index (κ3) is 3.44. The number of hydrogen-bond donors (Lipinski definition) is 0. The van der Waals surface area contributed by atoms with Crippen LogP contribution in [0.5, 0.6) is 0 Å². The molecule has 0 unspecified atom stereocenters. The quantitative estimate of drug-likeness (QED) is 0.856. The Balaban J connectivity index is 1.39. The van der Waals surface area contributed by atoms with Gasteiger partial charge >= 0.3 is 0 Å². The van der Waals surface area contributed by atoms with Gasteiger partial charge in [-0.15, -0.1) is 10.2 Å². The van der Waals surface area contributed by atoms with Crippen LogP contribution in [-0.2, 0) is 24.4 Å². The second-order valence-electron chi connectivity index (χ2n) is 7.13. The van der Waals surface area contributed by atoms with Crippen LogP contribution in [0.25, 0.3) is 0 Å². The van der Waals surface area contributed by atoms with Gasteiger partial charge in [0.25, 0.3) is 0 Å². The number of carbonyl (C=O) groups excluding carboxylic acids is 1. The predicted octanol–water partition coefficient (Wildman–Crippen LogP) is 1.84. The van der Waals surface area contributed by atoms with E-state index in [1.165, 1.54) is 5.56 Å². The van der Waals surface area contributed by atoms with E-state index >= 15 is 0 Å². The lowest BCUT2D eigenvalue weighted by molar-refractivity contribution is -0.139. The Bertz CT molecular complexity index is 742. The zero-order valence-corrected chi connectivity index (χ0v) is 14.8. The second kappa shape index (κ2) is 6.96. The number of aryl methyl sites for hydroxylation is 1. The maximum absolute atomic E-state index is 13.0. The molecule has 1 atom stereocenters. The predicted molar refractivity (Wildman–Crippen MR) is 94.6 cm³/mol. The molecule has 2 aliphatic heterocycles. The average Bonchev–Trinajstić information content (AvgIpc) is 3.02. The molecule has 0 aliphatic carbocycles. The van der Waals surface area contributed by atoms with E-state index in [9.17, 15) is 4.79 Å². The van der Waals surface area contributed by atoms with Crippen molar-refractivity contribution >= 4 is 5.91 Å². The number of hydrogen-bond acceptors (Lipinski definition) is 4. The summed E-state index contributed by atoms with van der Waals surface area (Å²) in [6.45, 7) is 6.99. The number of aromatic nitrogens is 3. The van der Waals surface area contributed by atoms with Crippen molar-refractivity contribution in [3.05, 3.63) is 47.5 Å². The van der Waals surface area contributed by atoms with E-state index in [2.05, 4.69) is 43.9 Å². The molecular weight excluding hydrogens is 314 g/mol. The lowest BCUT2D eigenvalue weighted by Crippen LogP contribution is -2.47. The molecule has 1 aromatic carbocycles. The number of fused-ring (bicyclic) bond motifs is 1. The van der Waals surface area contributed by atoms with Crippen LogP contribution in [0.2, 0.25) is 0 Å². The van der Waals surface area contributed by atoms with Crippen molar-refractivity contribution in [2.24, 2.45) is 5.92 Å². The Kier molecular flexibility index (Phi) is 4.53. The van der Waals surface area contributed by atoms with Crippen molar-refractivity contribution in [2.45, 2.75) is 39.4 Å². The van der Waals surface area contributed by atoms with Crippen molar-refractivity contribution in [1.29, 1.82) is 0 Å². The Morgan fingerprint density at radius 2 is 2.00 bits per heavy atom. The molecular formula is C19H25N5O. The molecule has 1 fully saturated rings. The van der Waals surface area contributed by atoms with Crippen LogP contribution in [-0.4, -0.2) is 50.1 Å². The van der Waals surface area contributed by atoms with Crippen molar-refractivity contribution in [2.75, 3.05) is 19.6 Å². The van der Waals surface area contributed by atoms with Gasteiger partial charge in [-0.1, -0.05) is 30.3 Å². The van der Waals surface area contributed by atoms with Crippen molar-refractivity contribution < 1.29 is 4.79 Å². The fourth-order valence-electron chi connectivity index (χ4n) is 3.99. The molecule has 6 nitrogen and oxygen atoms in total. The topological polar surface area (TPSA) is 54.3 Å². The number of rotatable bonds is 3. The molecule has 6 heteroatoms. The highest BCUT2D eigenvalue weighted by molar-refractivity contribution is 5.79. The summed E-state index contributed by atoms with van der Waals surface area (Å²) in [6, 6.07) is 10.5. The number of likely N-dealkylation sites (tertiary alicyclic amines) is 1. The third-order valence-corrected chi connectivity index (χ3v) is 5.35. The van der Waals surface area contributed by atoms with Crippen molar-refractivity contribution in [1.82, 2.24) is 24.6 Å². The van der Waals surface area contributed by atoms with Gasteiger partial charge in [0.05, 0.1) is 12.5 Å². The molecule has 1 amide bonds. The fraction of sp³-hybridized carbons (Fsp3) is 0.526. The van der Waals surface area contributed by atoms with Crippen LogP contribution in [0, 0.1) is 12.8 Å². The summed E-state index contributed by atoms with van der Waals surface area (Å²) in [4.78, 5) is 17.4. The van der Waals surface area contributed by atoms with Gasteiger partial charge in [0, 0.05) is 26.2 Å². The zero-order valence-electron chi connectivity index (χ0n) is 14.8. The molecule has 4 rings (SSSR count). The van der Waals surface area contributed by atoms with Gasteiger partial charge in [-0.05, 0) is 31.9 Å². The number of benzene rings is 1. The molecule has 132 valence electrons. The number of nitrogens with zero attached hydrogens (tertiary/aromatic N) is 5. The minimum Gasteiger partial charge on any atom is -0.333 e. The number of amides is 1.